The van der Waals surface area contributed by atoms with Crippen molar-refractivity contribution in [3.05, 3.63) is 35.9 Å². The maximum Gasteiger partial charge on any atom is 0.325 e. The third-order valence-corrected chi connectivity index (χ3v) is 5.98. The number of rotatable bonds is 9. The summed E-state index contributed by atoms with van der Waals surface area (Å²) >= 11 is 3.86. The van der Waals surface area contributed by atoms with E-state index in [4.69, 9.17) is 0 Å². The Morgan fingerprint density at radius 1 is 1.08 bits per heavy atom. The van der Waals surface area contributed by atoms with Crippen LogP contribution >= 0.6 is 34.9 Å². The molecule has 0 fully saturated rings. The van der Waals surface area contributed by atoms with Crippen molar-refractivity contribution >= 4 is 52.5 Å². The highest BCUT2D eigenvalue weighted by molar-refractivity contribution is 8.03. The van der Waals surface area contributed by atoms with Crippen LogP contribution in [0.1, 0.15) is 10.4 Å². The van der Waals surface area contributed by atoms with Crippen LogP contribution in [0.2, 0.25) is 0 Å². The molecule has 1 N–H and O–H groups in total. The number of esters is 1. The van der Waals surface area contributed by atoms with E-state index in [0.29, 0.717) is 14.2 Å². The standard InChI is InChI=1S/C15H15N3O4S3/c1-22-13(21)7-16-12(20)9-24-15-18-17-14(25-15)23-8-11(19)10-5-3-2-4-6-10/h2-6H,7-9H2,1H3,(H,16,20). The summed E-state index contributed by atoms with van der Waals surface area (Å²) in [5.41, 5.74) is 0.663. The second-order valence-electron chi connectivity index (χ2n) is 4.55. The van der Waals surface area contributed by atoms with Crippen LogP contribution in [0.4, 0.5) is 0 Å². The minimum Gasteiger partial charge on any atom is -0.468 e. The van der Waals surface area contributed by atoms with Gasteiger partial charge in [0.25, 0.3) is 0 Å². The number of ether oxygens (including phenoxy) is 1. The molecule has 0 radical (unpaired) electrons. The van der Waals surface area contributed by atoms with Crippen LogP contribution in [0.3, 0.4) is 0 Å². The number of benzene rings is 1. The van der Waals surface area contributed by atoms with Gasteiger partial charge < -0.3 is 10.1 Å². The van der Waals surface area contributed by atoms with Gasteiger partial charge in [-0.1, -0.05) is 65.2 Å². The molecule has 10 heteroatoms. The molecule has 25 heavy (non-hydrogen) atoms. The van der Waals surface area contributed by atoms with Crippen LogP contribution in [0.5, 0.6) is 0 Å². The van der Waals surface area contributed by atoms with Gasteiger partial charge >= 0.3 is 5.97 Å². The average molecular weight is 398 g/mol. The molecule has 1 aromatic carbocycles. The third-order valence-electron chi connectivity index (χ3n) is 2.79. The predicted molar refractivity (Wildman–Crippen MR) is 97.2 cm³/mol. The molecule has 0 aliphatic carbocycles. The minimum absolute atomic E-state index is 0.0252. The summed E-state index contributed by atoms with van der Waals surface area (Å²) in [6, 6.07) is 9.06. The highest BCUT2D eigenvalue weighted by atomic mass is 32.2. The number of aromatic nitrogens is 2. The zero-order valence-electron chi connectivity index (χ0n) is 13.3. The molecule has 7 nitrogen and oxygen atoms in total. The molecule has 2 aromatic rings. The van der Waals surface area contributed by atoms with Crippen LogP contribution in [-0.2, 0) is 14.3 Å². The van der Waals surface area contributed by atoms with Crippen molar-refractivity contribution in [2.75, 3.05) is 25.2 Å². The van der Waals surface area contributed by atoms with Gasteiger partial charge in [0.05, 0.1) is 18.6 Å². The largest absolute Gasteiger partial charge is 0.468 e. The number of carbonyl (C=O) groups is 3. The van der Waals surface area contributed by atoms with E-state index in [0.717, 1.165) is 0 Å². The van der Waals surface area contributed by atoms with E-state index < -0.39 is 5.97 Å². The highest BCUT2D eigenvalue weighted by Gasteiger charge is 2.12. The Kier molecular flexibility index (Phi) is 7.89. The summed E-state index contributed by atoms with van der Waals surface area (Å²) in [6.45, 7) is -0.158. The number of ketones is 1. The van der Waals surface area contributed by atoms with E-state index in [1.807, 2.05) is 18.2 Å². The normalized spacial score (nSPS) is 10.3. The lowest BCUT2D eigenvalue weighted by Crippen LogP contribution is -2.31. The number of Topliss-reactive ketones (excluding diaryl/α,β-unsaturated/α-hetero) is 1. The number of carbonyl (C=O) groups excluding carboxylic acids is 3. The maximum absolute atomic E-state index is 12.0. The number of thioether (sulfide) groups is 2. The number of hydrogen-bond acceptors (Lipinski definition) is 9. The average Bonchev–Trinajstić information content (AvgIpc) is 3.11. The minimum atomic E-state index is -0.504. The molecular weight excluding hydrogens is 382 g/mol. The van der Waals surface area contributed by atoms with E-state index in [9.17, 15) is 14.4 Å². The molecule has 2 rings (SSSR count). The van der Waals surface area contributed by atoms with Gasteiger partial charge in [-0.15, -0.1) is 10.2 Å². The first kappa shape index (κ1) is 19.4. The van der Waals surface area contributed by atoms with Crippen LogP contribution in [0.15, 0.2) is 39.0 Å². The van der Waals surface area contributed by atoms with Crippen molar-refractivity contribution in [3.8, 4) is 0 Å². The van der Waals surface area contributed by atoms with Gasteiger partial charge in [0.2, 0.25) is 5.91 Å². The number of amides is 1. The first-order valence-corrected chi connectivity index (χ1v) is 9.88. The molecule has 0 aliphatic rings. The first-order chi connectivity index (χ1) is 12.1. The Labute approximate surface area is 156 Å². The van der Waals surface area contributed by atoms with Crippen molar-refractivity contribution in [2.45, 2.75) is 8.68 Å². The second-order valence-corrected chi connectivity index (χ2v) is 7.98. The Morgan fingerprint density at radius 3 is 2.36 bits per heavy atom. The summed E-state index contributed by atoms with van der Waals surface area (Å²) in [5, 5.41) is 10.4. The van der Waals surface area contributed by atoms with Gasteiger partial charge in [-0.25, -0.2) is 0 Å². The van der Waals surface area contributed by atoms with Crippen molar-refractivity contribution in [2.24, 2.45) is 0 Å². The Morgan fingerprint density at radius 2 is 1.72 bits per heavy atom. The quantitative estimate of drug-likeness (QED) is 0.389. The van der Waals surface area contributed by atoms with Gasteiger partial charge in [-0.3, -0.25) is 14.4 Å². The molecule has 0 atom stereocenters. The van der Waals surface area contributed by atoms with E-state index in [1.54, 1.807) is 12.1 Å². The molecule has 0 saturated heterocycles. The van der Waals surface area contributed by atoms with Crippen molar-refractivity contribution < 1.29 is 19.1 Å². The van der Waals surface area contributed by atoms with Crippen LogP contribution < -0.4 is 5.32 Å². The summed E-state index contributed by atoms with van der Waals surface area (Å²) in [6.07, 6.45) is 0. The zero-order chi connectivity index (χ0) is 18.1. The maximum atomic E-state index is 12.0. The summed E-state index contributed by atoms with van der Waals surface area (Å²) in [5.74, 6) is -0.366. The molecule has 0 bridgehead atoms. The van der Waals surface area contributed by atoms with Crippen molar-refractivity contribution in [1.82, 2.24) is 15.5 Å². The van der Waals surface area contributed by atoms with Gasteiger partial charge in [0.15, 0.2) is 14.5 Å². The lowest BCUT2D eigenvalue weighted by molar-refractivity contribution is -0.140. The van der Waals surface area contributed by atoms with E-state index in [2.05, 4.69) is 20.3 Å². The van der Waals surface area contributed by atoms with Crippen LogP contribution in [0, 0.1) is 0 Å². The van der Waals surface area contributed by atoms with Gasteiger partial charge in [-0.05, 0) is 0 Å². The summed E-state index contributed by atoms with van der Waals surface area (Å²) in [7, 11) is 1.26. The van der Waals surface area contributed by atoms with Crippen LogP contribution in [0.25, 0.3) is 0 Å². The molecule has 1 heterocycles. The molecule has 0 saturated carbocycles. The molecule has 0 unspecified atom stereocenters. The molecular formula is C15H15N3O4S3. The van der Waals surface area contributed by atoms with Gasteiger partial charge in [0.1, 0.15) is 6.54 Å². The number of methoxy groups -OCH3 is 1. The molecule has 1 aromatic heterocycles. The Bertz CT molecular complexity index is 737. The highest BCUT2D eigenvalue weighted by Crippen LogP contribution is 2.29. The molecule has 1 amide bonds. The fourth-order valence-electron chi connectivity index (χ4n) is 1.57. The third kappa shape index (κ3) is 6.85. The van der Waals surface area contributed by atoms with Gasteiger partial charge in [0, 0.05) is 5.56 Å². The fraction of sp³-hybridized carbons (Fsp3) is 0.267. The monoisotopic (exact) mass is 397 g/mol. The second kappa shape index (κ2) is 10.2. The predicted octanol–water partition coefficient (Wildman–Crippen LogP) is 1.89. The van der Waals surface area contributed by atoms with E-state index in [1.165, 1.54) is 42.0 Å². The smallest absolute Gasteiger partial charge is 0.325 e. The molecule has 0 spiro atoms. The summed E-state index contributed by atoms with van der Waals surface area (Å²) in [4.78, 5) is 34.5. The Balaban J connectivity index is 1.73. The molecule has 0 aliphatic heterocycles. The summed E-state index contributed by atoms with van der Waals surface area (Å²) < 4.78 is 5.73. The number of nitrogens with zero attached hydrogens (tertiary/aromatic N) is 2. The van der Waals surface area contributed by atoms with Crippen molar-refractivity contribution in [1.29, 1.82) is 0 Å². The van der Waals surface area contributed by atoms with Gasteiger partial charge in [-0.2, -0.15) is 0 Å². The lowest BCUT2D eigenvalue weighted by atomic mass is 10.2. The lowest BCUT2D eigenvalue weighted by Gasteiger charge is -2.01. The van der Waals surface area contributed by atoms with Crippen LogP contribution in [-0.4, -0.2) is 53.0 Å². The Hall–Kier alpha value is -1.91. The van der Waals surface area contributed by atoms with E-state index in [-0.39, 0.29) is 29.7 Å². The zero-order valence-corrected chi connectivity index (χ0v) is 15.7. The number of hydrogen-bond donors (Lipinski definition) is 1. The van der Waals surface area contributed by atoms with Crippen molar-refractivity contribution in [3.63, 3.8) is 0 Å². The molecule has 132 valence electrons. The van der Waals surface area contributed by atoms with E-state index >= 15 is 0 Å². The first-order valence-electron chi connectivity index (χ1n) is 7.09. The number of nitrogens with one attached hydrogen (secondary N) is 1. The SMILES string of the molecule is COC(=O)CNC(=O)CSc1nnc(SCC(=O)c2ccccc2)s1. The fourth-order valence-corrected chi connectivity index (χ4v) is 4.31. The topological polar surface area (TPSA) is 98.2 Å².